The van der Waals surface area contributed by atoms with Gasteiger partial charge in [-0.05, 0) is 36.4 Å². The van der Waals surface area contributed by atoms with Crippen LogP contribution in [0.5, 0.6) is 0 Å². The second-order valence-electron chi connectivity index (χ2n) is 6.23. The van der Waals surface area contributed by atoms with Crippen molar-refractivity contribution in [2.24, 2.45) is 0 Å². The highest BCUT2D eigenvalue weighted by atomic mass is 32.1. The molecule has 0 saturated carbocycles. The van der Waals surface area contributed by atoms with Crippen molar-refractivity contribution in [1.29, 1.82) is 0 Å². The van der Waals surface area contributed by atoms with Crippen LogP contribution in [0.2, 0.25) is 0 Å². The van der Waals surface area contributed by atoms with E-state index in [0.29, 0.717) is 11.5 Å². The highest BCUT2D eigenvalue weighted by Crippen LogP contribution is 2.29. The second kappa shape index (κ2) is 8.03. The van der Waals surface area contributed by atoms with E-state index in [1.807, 2.05) is 42.5 Å². The van der Waals surface area contributed by atoms with Gasteiger partial charge in [0.2, 0.25) is 5.13 Å². The molecule has 0 aliphatic carbocycles. The fraction of sp³-hybridized carbons (Fsp3) is 0.0476. The van der Waals surface area contributed by atoms with Crippen LogP contribution in [0.4, 0.5) is 18.3 Å². The summed E-state index contributed by atoms with van der Waals surface area (Å²) in [5.74, 6) is -0.224. The van der Waals surface area contributed by atoms with Gasteiger partial charge in [0.15, 0.2) is 5.82 Å². The number of aromatic nitrogens is 3. The van der Waals surface area contributed by atoms with Crippen LogP contribution in [0, 0.1) is 0 Å². The third-order valence-electron chi connectivity index (χ3n) is 4.17. The first-order chi connectivity index (χ1) is 14.4. The second-order valence-corrected chi connectivity index (χ2v) is 6.98. The topological polar surface area (TPSA) is 67.8 Å². The fourth-order valence-corrected chi connectivity index (χ4v) is 3.26. The Balaban J connectivity index is 1.50. The van der Waals surface area contributed by atoms with E-state index in [2.05, 4.69) is 19.7 Å². The predicted molar refractivity (Wildman–Crippen MR) is 108 cm³/mol. The zero-order valence-corrected chi connectivity index (χ0v) is 16.0. The first-order valence-electron chi connectivity index (χ1n) is 8.75. The molecule has 30 heavy (non-hydrogen) atoms. The smallest absolute Gasteiger partial charge is 0.297 e. The Labute approximate surface area is 173 Å². The molecule has 0 bridgehead atoms. The van der Waals surface area contributed by atoms with E-state index in [-0.39, 0.29) is 10.7 Å². The molecule has 1 amide bonds. The summed E-state index contributed by atoms with van der Waals surface area (Å²) in [6.45, 7) is 0. The number of benzene rings is 2. The van der Waals surface area contributed by atoms with E-state index >= 15 is 0 Å². The molecule has 2 aromatic heterocycles. The molecule has 9 heteroatoms. The highest BCUT2D eigenvalue weighted by Gasteiger charge is 2.30. The molecule has 0 radical (unpaired) electrons. The van der Waals surface area contributed by atoms with Crippen LogP contribution in [-0.4, -0.2) is 20.2 Å². The zero-order valence-electron chi connectivity index (χ0n) is 15.2. The molecule has 2 aromatic carbocycles. The van der Waals surface area contributed by atoms with Crippen LogP contribution >= 0.6 is 11.5 Å². The Bertz CT molecular complexity index is 1170. The molecule has 0 aliphatic heterocycles. The van der Waals surface area contributed by atoms with Gasteiger partial charge in [0.05, 0.1) is 11.3 Å². The number of hydrogen-bond donors (Lipinski definition) is 1. The molecule has 1 N–H and O–H groups in total. The minimum absolute atomic E-state index is 0.0870. The Kier molecular flexibility index (Phi) is 5.28. The first kappa shape index (κ1) is 19.7. The lowest BCUT2D eigenvalue weighted by Crippen LogP contribution is -2.12. The van der Waals surface area contributed by atoms with Gasteiger partial charge in [-0.2, -0.15) is 22.5 Å². The molecule has 0 unspecified atom stereocenters. The Morgan fingerprint density at radius 1 is 0.833 bits per heavy atom. The summed E-state index contributed by atoms with van der Waals surface area (Å²) >= 11 is 0.963. The van der Waals surface area contributed by atoms with Gasteiger partial charge in [0.25, 0.3) is 5.91 Å². The van der Waals surface area contributed by atoms with Crippen LogP contribution in [0.1, 0.15) is 15.9 Å². The molecule has 150 valence electrons. The molecular weight excluding hydrogens is 413 g/mol. The maximum absolute atomic E-state index is 12.6. The summed E-state index contributed by atoms with van der Waals surface area (Å²) in [5.41, 5.74) is 1.52. The molecule has 0 saturated heterocycles. The molecule has 0 spiro atoms. The van der Waals surface area contributed by atoms with Crippen molar-refractivity contribution in [2.75, 3.05) is 5.32 Å². The standard InChI is InChI=1S/C21H13F3N4OS/c22-21(23,24)15-11-9-14(10-12-15)19(29)27-20-26-18(28-30-20)17-8-4-7-16(25-17)13-5-2-1-3-6-13/h1-12H,(H,26,27,28,29). The van der Waals surface area contributed by atoms with Crippen LogP contribution < -0.4 is 5.32 Å². The molecule has 2 heterocycles. The summed E-state index contributed by atoms with van der Waals surface area (Å²) in [6.07, 6.45) is -4.45. The van der Waals surface area contributed by atoms with E-state index in [1.54, 1.807) is 6.07 Å². The van der Waals surface area contributed by atoms with Crippen molar-refractivity contribution in [2.45, 2.75) is 6.18 Å². The largest absolute Gasteiger partial charge is 0.416 e. The maximum atomic E-state index is 12.6. The van der Waals surface area contributed by atoms with E-state index in [1.165, 1.54) is 0 Å². The molecule has 0 aliphatic rings. The normalized spacial score (nSPS) is 11.3. The number of hydrogen-bond acceptors (Lipinski definition) is 5. The molecule has 0 fully saturated rings. The number of nitrogens with zero attached hydrogens (tertiary/aromatic N) is 3. The van der Waals surface area contributed by atoms with E-state index in [9.17, 15) is 18.0 Å². The lowest BCUT2D eigenvalue weighted by molar-refractivity contribution is -0.137. The Morgan fingerprint density at radius 2 is 1.53 bits per heavy atom. The SMILES string of the molecule is O=C(Nc1nc(-c2cccc(-c3ccccc3)n2)ns1)c1ccc(C(F)(F)F)cc1. The first-order valence-corrected chi connectivity index (χ1v) is 9.53. The summed E-state index contributed by atoms with van der Waals surface area (Å²) in [6, 6.07) is 19.1. The number of carbonyl (C=O) groups is 1. The van der Waals surface area contributed by atoms with Crippen LogP contribution in [0.3, 0.4) is 0 Å². The molecule has 4 aromatic rings. The fourth-order valence-electron chi connectivity index (χ4n) is 2.69. The monoisotopic (exact) mass is 426 g/mol. The van der Waals surface area contributed by atoms with Gasteiger partial charge in [0, 0.05) is 22.7 Å². The Hall–Kier alpha value is -3.59. The summed E-state index contributed by atoms with van der Waals surface area (Å²) < 4.78 is 42.2. The number of amides is 1. The third-order valence-corrected chi connectivity index (χ3v) is 4.80. The van der Waals surface area contributed by atoms with E-state index in [0.717, 1.165) is 47.1 Å². The summed E-state index contributed by atoms with van der Waals surface area (Å²) in [5, 5.41) is 2.77. The van der Waals surface area contributed by atoms with Crippen LogP contribution in [-0.2, 0) is 6.18 Å². The van der Waals surface area contributed by atoms with Crippen molar-refractivity contribution in [3.8, 4) is 22.8 Å². The zero-order chi connectivity index (χ0) is 21.1. The van der Waals surface area contributed by atoms with Gasteiger partial charge >= 0.3 is 6.18 Å². The summed E-state index contributed by atoms with van der Waals surface area (Å²) in [7, 11) is 0. The average molecular weight is 426 g/mol. The third kappa shape index (κ3) is 4.36. The van der Waals surface area contributed by atoms with Gasteiger partial charge < -0.3 is 0 Å². The van der Waals surface area contributed by atoms with Gasteiger partial charge in [-0.15, -0.1) is 0 Å². The Morgan fingerprint density at radius 3 is 2.23 bits per heavy atom. The van der Waals surface area contributed by atoms with Gasteiger partial charge in [-0.1, -0.05) is 36.4 Å². The van der Waals surface area contributed by atoms with Crippen LogP contribution in [0.15, 0.2) is 72.8 Å². The van der Waals surface area contributed by atoms with Gasteiger partial charge in [-0.3, -0.25) is 10.1 Å². The average Bonchev–Trinajstić information content (AvgIpc) is 3.22. The molecular formula is C21H13F3N4OS. The minimum Gasteiger partial charge on any atom is -0.297 e. The quantitative estimate of drug-likeness (QED) is 0.465. The number of anilines is 1. The maximum Gasteiger partial charge on any atom is 0.416 e. The number of nitrogens with one attached hydrogen (secondary N) is 1. The molecule has 4 rings (SSSR count). The predicted octanol–water partition coefficient (Wildman–Crippen LogP) is 5.54. The highest BCUT2D eigenvalue weighted by molar-refractivity contribution is 7.10. The van der Waals surface area contributed by atoms with E-state index < -0.39 is 17.6 Å². The lowest BCUT2D eigenvalue weighted by Gasteiger charge is -2.07. The van der Waals surface area contributed by atoms with Crippen molar-refractivity contribution in [3.63, 3.8) is 0 Å². The van der Waals surface area contributed by atoms with Gasteiger partial charge in [0.1, 0.15) is 5.69 Å². The van der Waals surface area contributed by atoms with Crippen molar-refractivity contribution < 1.29 is 18.0 Å². The molecule has 0 atom stereocenters. The van der Waals surface area contributed by atoms with Gasteiger partial charge in [-0.25, -0.2) is 4.98 Å². The van der Waals surface area contributed by atoms with Crippen molar-refractivity contribution >= 4 is 22.6 Å². The number of carbonyl (C=O) groups excluding carboxylic acids is 1. The van der Waals surface area contributed by atoms with Crippen LogP contribution in [0.25, 0.3) is 22.8 Å². The lowest BCUT2D eigenvalue weighted by atomic mass is 10.1. The number of pyridine rings is 1. The van der Waals surface area contributed by atoms with Crippen molar-refractivity contribution in [3.05, 3.63) is 83.9 Å². The number of halogens is 3. The number of rotatable bonds is 4. The molecule has 5 nitrogen and oxygen atoms in total. The van der Waals surface area contributed by atoms with E-state index in [4.69, 9.17) is 0 Å². The number of alkyl halides is 3. The van der Waals surface area contributed by atoms with Crippen molar-refractivity contribution in [1.82, 2.24) is 14.3 Å². The summed E-state index contributed by atoms with van der Waals surface area (Å²) in [4.78, 5) is 21.1. The minimum atomic E-state index is -4.45.